The van der Waals surface area contributed by atoms with Crippen LogP contribution in [0.2, 0.25) is 0 Å². The molecule has 14 heavy (non-hydrogen) atoms. The molecule has 4 heteroatoms. The predicted octanol–water partition coefficient (Wildman–Crippen LogP) is 0.689. The number of carbonyl (C=O) groups is 1. The van der Waals surface area contributed by atoms with E-state index >= 15 is 0 Å². The lowest BCUT2D eigenvalue weighted by Crippen LogP contribution is -2.19. The molecule has 1 aromatic carbocycles. The van der Waals surface area contributed by atoms with Crippen LogP contribution in [-0.2, 0) is 14.1 Å². The van der Waals surface area contributed by atoms with E-state index in [4.69, 9.17) is 0 Å². The Hall–Kier alpha value is -1.84. The van der Waals surface area contributed by atoms with Crippen molar-refractivity contribution < 1.29 is 4.79 Å². The van der Waals surface area contributed by atoms with Crippen molar-refractivity contribution in [2.24, 2.45) is 14.1 Å². The van der Waals surface area contributed by atoms with E-state index in [2.05, 4.69) is 0 Å². The van der Waals surface area contributed by atoms with Crippen molar-refractivity contribution >= 4 is 17.3 Å². The molecule has 0 N–H and O–H groups in total. The highest BCUT2D eigenvalue weighted by molar-refractivity contribution is 5.94. The summed E-state index contributed by atoms with van der Waals surface area (Å²) < 4.78 is 3.02. The number of aromatic nitrogens is 2. The van der Waals surface area contributed by atoms with E-state index in [9.17, 15) is 9.59 Å². The highest BCUT2D eigenvalue weighted by atomic mass is 16.1. The molecule has 0 saturated carbocycles. The van der Waals surface area contributed by atoms with E-state index in [-0.39, 0.29) is 5.69 Å². The summed E-state index contributed by atoms with van der Waals surface area (Å²) in [6, 6.07) is 5.30. The topological polar surface area (TPSA) is 44.0 Å². The van der Waals surface area contributed by atoms with E-state index in [0.717, 1.165) is 11.8 Å². The number of fused-ring (bicyclic) bond motifs is 1. The Kier molecular flexibility index (Phi) is 1.77. The first-order chi connectivity index (χ1) is 6.66. The number of rotatable bonds is 1. The van der Waals surface area contributed by atoms with Gasteiger partial charge in [0.2, 0.25) is 0 Å². The molecule has 0 saturated heterocycles. The van der Waals surface area contributed by atoms with Crippen molar-refractivity contribution in [1.82, 2.24) is 9.13 Å². The molecule has 72 valence electrons. The van der Waals surface area contributed by atoms with Gasteiger partial charge in [0.15, 0.2) is 6.29 Å². The molecule has 0 fully saturated rings. The molecular weight excluding hydrogens is 180 g/mol. The van der Waals surface area contributed by atoms with Crippen LogP contribution in [0.5, 0.6) is 0 Å². The van der Waals surface area contributed by atoms with Crippen molar-refractivity contribution in [2.75, 3.05) is 0 Å². The van der Waals surface area contributed by atoms with Gasteiger partial charge in [-0.15, -0.1) is 0 Å². The lowest BCUT2D eigenvalue weighted by atomic mass is 10.2. The number of nitrogens with zero attached hydrogens (tertiary/aromatic N) is 2. The highest BCUT2D eigenvalue weighted by Gasteiger charge is 2.10. The fourth-order valence-corrected chi connectivity index (χ4v) is 1.70. The summed E-state index contributed by atoms with van der Waals surface area (Å²) in [6.45, 7) is 0. The Morgan fingerprint density at radius 3 is 2.57 bits per heavy atom. The third kappa shape index (κ3) is 0.937. The van der Waals surface area contributed by atoms with Crippen LogP contribution in [0.25, 0.3) is 11.0 Å². The van der Waals surface area contributed by atoms with Gasteiger partial charge in [-0.25, -0.2) is 4.79 Å². The summed E-state index contributed by atoms with van der Waals surface area (Å²) in [4.78, 5) is 22.3. The first-order valence-corrected chi connectivity index (χ1v) is 4.26. The van der Waals surface area contributed by atoms with Gasteiger partial charge >= 0.3 is 5.69 Å². The van der Waals surface area contributed by atoms with Crippen LogP contribution in [0.4, 0.5) is 0 Å². The van der Waals surface area contributed by atoms with Crippen LogP contribution in [0.3, 0.4) is 0 Å². The van der Waals surface area contributed by atoms with Crippen molar-refractivity contribution in [3.63, 3.8) is 0 Å². The summed E-state index contributed by atoms with van der Waals surface area (Å²) in [5.41, 5.74) is 1.90. The molecule has 0 radical (unpaired) electrons. The Bertz CT molecular complexity index is 563. The van der Waals surface area contributed by atoms with Crippen LogP contribution in [0.15, 0.2) is 23.0 Å². The first kappa shape index (κ1) is 8.74. The molecule has 4 nitrogen and oxygen atoms in total. The van der Waals surface area contributed by atoms with Crippen molar-refractivity contribution in [1.29, 1.82) is 0 Å². The fraction of sp³-hybridized carbons (Fsp3) is 0.200. The molecule has 0 amide bonds. The van der Waals surface area contributed by atoms with Gasteiger partial charge < -0.3 is 0 Å². The summed E-state index contributed by atoms with van der Waals surface area (Å²) in [5, 5.41) is 0. The zero-order chi connectivity index (χ0) is 10.3. The molecule has 1 aromatic heterocycles. The van der Waals surface area contributed by atoms with Crippen LogP contribution >= 0.6 is 0 Å². The summed E-state index contributed by atoms with van der Waals surface area (Å²) >= 11 is 0. The lowest BCUT2D eigenvalue weighted by molar-refractivity contribution is 0.112. The Morgan fingerprint density at radius 2 is 1.93 bits per heavy atom. The quantitative estimate of drug-likeness (QED) is 0.621. The number of hydrogen-bond donors (Lipinski definition) is 0. The van der Waals surface area contributed by atoms with Gasteiger partial charge in [0, 0.05) is 19.7 Å². The van der Waals surface area contributed by atoms with Gasteiger partial charge in [0.25, 0.3) is 0 Å². The number of para-hydroxylation sites is 1. The molecule has 2 rings (SSSR count). The minimum Gasteiger partial charge on any atom is -0.298 e. The second-order valence-electron chi connectivity index (χ2n) is 3.23. The van der Waals surface area contributed by atoms with Gasteiger partial charge in [-0.3, -0.25) is 13.9 Å². The van der Waals surface area contributed by atoms with Crippen molar-refractivity contribution in [3.8, 4) is 0 Å². The van der Waals surface area contributed by atoms with Gasteiger partial charge in [0.05, 0.1) is 11.0 Å². The SMILES string of the molecule is Cn1c(=O)n(C)c2c(C=O)cccc21. The van der Waals surface area contributed by atoms with Gasteiger partial charge in [-0.05, 0) is 12.1 Å². The van der Waals surface area contributed by atoms with E-state index in [1.807, 2.05) is 6.07 Å². The molecule has 0 aliphatic heterocycles. The van der Waals surface area contributed by atoms with Crippen LogP contribution < -0.4 is 5.69 Å². The van der Waals surface area contributed by atoms with Crippen LogP contribution in [-0.4, -0.2) is 15.4 Å². The number of aryl methyl sites for hydroxylation is 2. The minimum atomic E-state index is -0.116. The van der Waals surface area contributed by atoms with Gasteiger partial charge in [0.1, 0.15) is 0 Å². The third-order valence-corrected chi connectivity index (χ3v) is 2.44. The average Bonchev–Trinajstić information content (AvgIpc) is 2.44. The van der Waals surface area contributed by atoms with Crippen LogP contribution in [0.1, 0.15) is 10.4 Å². The maximum atomic E-state index is 11.6. The Labute approximate surface area is 80.4 Å². The van der Waals surface area contributed by atoms with E-state index in [0.29, 0.717) is 11.1 Å². The highest BCUT2D eigenvalue weighted by Crippen LogP contribution is 2.14. The second kappa shape index (κ2) is 2.83. The molecule has 0 spiro atoms. The molecule has 0 atom stereocenters. The minimum absolute atomic E-state index is 0.116. The molecule has 0 unspecified atom stereocenters. The number of carbonyl (C=O) groups excluding carboxylic acids is 1. The average molecular weight is 190 g/mol. The van der Waals surface area contributed by atoms with Gasteiger partial charge in [-0.1, -0.05) is 6.07 Å². The van der Waals surface area contributed by atoms with Gasteiger partial charge in [-0.2, -0.15) is 0 Å². The smallest absolute Gasteiger partial charge is 0.298 e. The number of hydrogen-bond acceptors (Lipinski definition) is 2. The van der Waals surface area contributed by atoms with E-state index in [1.165, 1.54) is 9.13 Å². The molecule has 0 aliphatic carbocycles. The third-order valence-electron chi connectivity index (χ3n) is 2.44. The maximum Gasteiger partial charge on any atom is 0.328 e. The second-order valence-corrected chi connectivity index (χ2v) is 3.23. The normalized spacial score (nSPS) is 10.7. The Balaban J connectivity index is 3.09. The molecule has 0 aliphatic rings. The molecular formula is C10H10N2O2. The largest absolute Gasteiger partial charge is 0.328 e. The maximum absolute atomic E-state index is 11.6. The molecule has 0 bridgehead atoms. The number of imidazole rings is 1. The zero-order valence-electron chi connectivity index (χ0n) is 8.02. The monoisotopic (exact) mass is 190 g/mol. The molecule has 1 heterocycles. The predicted molar refractivity (Wildman–Crippen MR) is 53.5 cm³/mol. The standard InChI is InChI=1S/C10H10N2O2/c1-11-8-5-3-4-7(6-13)9(8)12(2)10(11)14/h3-6H,1-2H3. The first-order valence-electron chi connectivity index (χ1n) is 4.26. The number of aldehydes is 1. The lowest BCUT2D eigenvalue weighted by Gasteiger charge is -1.96. The zero-order valence-corrected chi connectivity index (χ0v) is 8.02. The summed E-state index contributed by atoms with van der Waals surface area (Å²) in [7, 11) is 3.36. The molecule has 2 aromatic rings. The van der Waals surface area contributed by atoms with Crippen molar-refractivity contribution in [2.45, 2.75) is 0 Å². The van der Waals surface area contributed by atoms with E-state index in [1.54, 1.807) is 26.2 Å². The number of benzene rings is 1. The van der Waals surface area contributed by atoms with Crippen LogP contribution in [0, 0.1) is 0 Å². The van der Waals surface area contributed by atoms with E-state index < -0.39 is 0 Å². The van der Waals surface area contributed by atoms with Crippen molar-refractivity contribution in [3.05, 3.63) is 34.2 Å². The summed E-state index contributed by atoms with van der Waals surface area (Å²) in [6.07, 6.45) is 0.766. The summed E-state index contributed by atoms with van der Waals surface area (Å²) in [5.74, 6) is 0. The fourth-order valence-electron chi connectivity index (χ4n) is 1.70. The Morgan fingerprint density at radius 1 is 1.21 bits per heavy atom.